The third-order valence-corrected chi connectivity index (χ3v) is 2.93. The lowest BCUT2D eigenvalue weighted by Gasteiger charge is -2.26. The molecular weight excluding hydrogens is 202 g/mol. The van der Waals surface area contributed by atoms with Crippen LogP contribution in [0.25, 0.3) is 0 Å². The number of hydrazine groups is 1. The number of carbonyl (C=O) groups excluding carboxylic acids is 1. The van der Waals surface area contributed by atoms with Crippen molar-refractivity contribution in [1.82, 2.24) is 5.01 Å². The fraction of sp³-hybridized carbons (Fsp3) is 0.417. The molecule has 0 atom stereocenters. The maximum Gasteiger partial charge on any atom is 0.242 e. The molecule has 0 radical (unpaired) electrons. The predicted octanol–water partition coefficient (Wildman–Crippen LogP) is 0.771. The van der Waals surface area contributed by atoms with E-state index in [4.69, 9.17) is 5.73 Å². The first-order chi connectivity index (χ1) is 7.72. The molecule has 86 valence electrons. The number of carbonyl (C=O) groups is 1. The highest BCUT2D eigenvalue weighted by atomic mass is 16.2. The van der Waals surface area contributed by atoms with Gasteiger partial charge in [0.15, 0.2) is 0 Å². The molecule has 16 heavy (non-hydrogen) atoms. The van der Waals surface area contributed by atoms with Crippen molar-refractivity contribution in [2.45, 2.75) is 12.8 Å². The number of hydrogen-bond donors (Lipinski definition) is 1. The molecule has 1 aromatic rings. The fourth-order valence-corrected chi connectivity index (χ4v) is 1.95. The van der Waals surface area contributed by atoms with Crippen LogP contribution in [0.15, 0.2) is 24.3 Å². The summed E-state index contributed by atoms with van der Waals surface area (Å²) in [5, 5.41) is 3.67. The number of hydrogen-bond acceptors (Lipinski definition) is 3. The number of nitrogens with two attached hydrogens (primary N) is 1. The van der Waals surface area contributed by atoms with Gasteiger partial charge in [-0.25, -0.2) is 0 Å². The van der Waals surface area contributed by atoms with Crippen LogP contribution in [0.5, 0.6) is 0 Å². The summed E-state index contributed by atoms with van der Waals surface area (Å²) in [6, 6.07) is 8.22. The Morgan fingerprint density at radius 2 is 2.00 bits per heavy atom. The van der Waals surface area contributed by atoms with E-state index in [1.807, 2.05) is 24.2 Å². The van der Waals surface area contributed by atoms with Crippen molar-refractivity contribution < 1.29 is 4.79 Å². The lowest BCUT2D eigenvalue weighted by atomic mass is 10.1. The van der Waals surface area contributed by atoms with Gasteiger partial charge < -0.3 is 5.73 Å². The van der Waals surface area contributed by atoms with Crippen molar-refractivity contribution in [2.24, 2.45) is 5.73 Å². The minimum absolute atomic E-state index is 0.172. The summed E-state index contributed by atoms with van der Waals surface area (Å²) in [6.07, 6.45) is 1.50. The highest BCUT2D eigenvalue weighted by molar-refractivity contribution is 5.81. The molecule has 1 amide bonds. The molecule has 1 aliphatic heterocycles. The van der Waals surface area contributed by atoms with Crippen LogP contribution in [0.4, 0.5) is 5.69 Å². The Morgan fingerprint density at radius 1 is 1.31 bits per heavy atom. The van der Waals surface area contributed by atoms with Crippen LogP contribution in [0.1, 0.15) is 12.0 Å². The summed E-state index contributed by atoms with van der Waals surface area (Å²) in [6.45, 7) is 1.44. The third kappa shape index (κ3) is 2.02. The van der Waals surface area contributed by atoms with Gasteiger partial charge in [-0.3, -0.25) is 14.8 Å². The quantitative estimate of drug-likeness (QED) is 0.817. The number of anilines is 1. The molecule has 1 aliphatic rings. The van der Waals surface area contributed by atoms with E-state index in [-0.39, 0.29) is 5.91 Å². The zero-order chi connectivity index (χ0) is 11.5. The van der Waals surface area contributed by atoms with Crippen LogP contribution in [0.3, 0.4) is 0 Å². The molecule has 0 bridgehead atoms. The van der Waals surface area contributed by atoms with Crippen molar-refractivity contribution in [3.63, 3.8) is 0 Å². The van der Waals surface area contributed by atoms with E-state index in [2.05, 4.69) is 12.1 Å². The minimum atomic E-state index is 0.172. The largest absolute Gasteiger partial charge is 0.330 e. The van der Waals surface area contributed by atoms with Crippen LogP contribution < -0.4 is 10.7 Å². The zero-order valence-corrected chi connectivity index (χ0v) is 9.52. The van der Waals surface area contributed by atoms with E-state index >= 15 is 0 Å². The van der Waals surface area contributed by atoms with Gasteiger partial charge in [0, 0.05) is 20.0 Å². The van der Waals surface area contributed by atoms with Gasteiger partial charge in [-0.15, -0.1) is 0 Å². The molecule has 1 heterocycles. The van der Waals surface area contributed by atoms with Gasteiger partial charge in [0.05, 0.1) is 5.69 Å². The van der Waals surface area contributed by atoms with Crippen molar-refractivity contribution in [1.29, 1.82) is 0 Å². The Kier molecular flexibility index (Phi) is 3.10. The Balaban J connectivity index is 2.13. The molecule has 2 rings (SSSR count). The first kappa shape index (κ1) is 11.0. The van der Waals surface area contributed by atoms with Crippen LogP contribution in [-0.4, -0.2) is 31.1 Å². The molecule has 4 heteroatoms. The Bertz CT molecular complexity index is 374. The van der Waals surface area contributed by atoms with Gasteiger partial charge in [0.1, 0.15) is 0 Å². The molecule has 2 N–H and O–H groups in total. The lowest BCUT2D eigenvalue weighted by Crippen LogP contribution is -2.35. The summed E-state index contributed by atoms with van der Waals surface area (Å²) >= 11 is 0. The molecule has 0 spiro atoms. The second-order valence-corrected chi connectivity index (χ2v) is 4.00. The van der Waals surface area contributed by atoms with Crippen LogP contribution in [-0.2, 0) is 11.2 Å². The zero-order valence-electron chi connectivity index (χ0n) is 9.52. The second-order valence-electron chi connectivity index (χ2n) is 4.00. The lowest BCUT2D eigenvalue weighted by molar-refractivity contribution is -0.126. The van der Waals surface area contributed by atoms with Gasteiger partial charge >= 0.3 is 0 Å². The molecule has 1 saturated heterocycles. The van der Waals surface area contributed by atoms with Crippen molar-refractivity contribution in [3.8, 4) is 0 Å². The Morgan fingerprint density at radius 3 is 2.50 bits per heavy atom. The monoisotopic (exact) mass is 219 g/mol. The van der Waals surface area contributed by atoms with Gasteiger partial charge in [-0.2, -0.15) is 0 Å². The fourth-order valence-electron chi connectivity index (χ4n) is 1.95. The molecule has 0 aromatic heterocycles. The predicted molar refractivity (Wildman–Crippen MR) is 63.9 cm³/mol. The standard InChI is InChI=1S/C12H17N3O/c1-14-12(16)7-9-15(14)11-4-2-10(3-5-11)6-8-13/h2-5H,6-9,13H2,1H3. The molecule has 0 saturated carbocycles. The average Bonchev–Trinajstić information content (AvgIpc) is 2.62. The molecule has 1 fully saturated rings. The number of nitrogens with zero attached hydrogens (tertiary/aromatic N) is 2. The highest BCUT2D eigenvalue weighted by Gasteiger charge is 2.25. The van der Waals surface area contributed by atoms with Crippen LogP contribution in [0, 0.1) is 0 Å². The van der Waals surface area contributed by atoms with E-state index in [9.17, 15) is 4.79 Å². The number of rotatable bonds is 3. The first-order valence-electron chi connectivity index (χ1n) is 5.55. The molecule has 0 aliphatic carbocycles. The maximum absolute atomic E-state index is 11.4. The number of benzene rings is 1. The summed E-state index contributed by atoms with van der Waals surface area (Å²) in [4.78, 5) is 11.4. The van der Waals surface area contributed by atoms with Crippen molar-refractivity contribution in [3.05, 3.63) is 29.8 Å². The normalized spacial score (nSPS) is 16.0. The first-order valence-corrected chi connectivity index (χ1v) is 5.55. The number of amides is 1. The summed E-state index contributed by atoms with van der Waals surface area (Å²) < 4.78 is 0. The summed E-state index contributed by atoms with van der Waals surface area (Å²) in [5.41, 5.74) is 7.80. The molecule has 4 nitrogen and oxygen atoms in total. The topological polar surface area (TPSA) is 49.6 Å². The summed E-state index contributed by atoms with van der Waals surface area (Å²) in [5.74, 6) is 0.172. The minimum Gasteiger partial charge on any atom is -0.330 e. The van der Waals surface area contributed by atoms with Gasteiger partial charge in [-0.1, -0.05) is 12.1 Å². The van der Waals surface area contributed by atoms with Gasteiger partial charge in [0.25, 0.3) is 0 Å². The van der Waals surface area contributed by atoms with E-state index in [1.165, 1.54) is 5.56 Å². The SMILES string of the molecule is CN1C(=O)CCN1c1ccc(CCN)cc1. The maximum atomic E-state index is 11.4. The highest BCUT2D eigenvalue weighted by Crippen LogP contribution is 2.21. The van der Waals surface area contributed by atoms with Crippen molar-refractivity contribution in [2.75, 3.05) is 25.1 Å². The van der Waals surface area contributed by atoms with Crippen LogP contribution >= 0.6 is 0 Å². The van der Waals surface area contributed by atoms with E-state index in [0.29, 0.717) is 13.0 Å². The smallest absolute Gasteiger partial charge is 0.242 e. The van der Waals surface area contributed by atoms with Crippen LogP contribution in [0.2, 0.25) is 0 Å². The Hall–Kier alpha value is -1.55. The molecular formula is C12H17N3O. The third-order valence-electron chi connectivity index (χ3n) is 2.93. The van der Waals surface area contributed by atoms with Gasteiger partial charge in [0.2, 0.25) is 5.91 Å². The molecule has 1 aromatic carbocycles. The van der Waals surface area contributed by atoms with Crippen molar-refractivity contribution >= 4 is 11.6 Å². The molecule has 0 unspecified atom stereocenters. The summed E-state index contributed by atoms with van der Waals surface area (Å²) in [7, 11) is 1.81. The van der Waals surface area contributed by atoms with E-state index < -0.39 is 0 Å². The average molecular weight is 219 g/mol. The van der Waals surface area contributed by atoms with Gasteiger partial charge in [-0.05, 0) is 30.7 Å². The van der Waals surface area contributed by atoms with E-state index in [1.54, 1.807) is 5.01 Å². The second kappa shape index (κ2) is 4.53. The van der Waals surface area contributed by atoms with E-state index in [0.717, 1.165) is 18.7 Å². The Labute approximate surface area is 95.6 Å².